The quantitative estimate of drug-likeness (QED) is 0.829. The van der Waals surface area contributed by atoms with Gasteiger partial charge in [0.2, 0.25) is 0 Å². The minimum absolute atomic E-state index is 0.272. The number of rotatable bonds is 2. The molecule has 0 amide bonds. The van der Waals surface area contributed by atoms with E-state index in [0.29, 0.717) is 12.5 Å². The van der Waals surface area contributed by atoms with Crippen molar-refractivity contribution in [3.05, 3.63) is 11.4 Å². The number of nitrogens with one attached hydrogen (secondary N) is 1. The van der Waals surface area contributed by atoms with Gasteiger partial charge in [-0.3, -0.25) is 0 Å². The molecule has 0 aromatic carbocycles. The highest BCUT2D eigenvalue weighted by Crippen LogP contribution is 2.27. The Morgan fingerprint density at radius 2 is 2.06 bits per heavy atom. The van der Waals surface area contributed by atoms with E-state index < -0.39 is 0 Å². The van der Waals surface area contributed by atoms with Gasteiger partial charge in [-0.2, -0.15) is 0 Å². The predicted octanol–water partition coefficient (Wildman–Crippen LogP) is 1.34. The standard InChI is InChI=1S/C13H22N4O/c1-8-5-6-17(7-11(8)18)13-9(2)12(14-4)15-10(3)16-13/h8,11,18H,5-7H2,1-4H3,(H,14,15,16). The molecular weight excluding hydrogens is 228 g/mol. The summed E-state index contributed by atoms with van der Waals surface area (Å²) in [5.74, 6) is 2.93. The van der Waals surface area contributed by atoms with E-state index >= 15 is 0 Å². The summed E-state index contributed by atoms with van der Waals surface area (Å²) in [4.78, 5) is 11.1. The maximum Gasteiger partial charge on any atom is 0.137 e. The molecule has 1 aliphatic rings. The summed E-state index contributed by atoms with van der Waals surface area (Å²) in [6, 6.07) is 0. The van der Waals surface area contributed by atoms with Crippen LogP contribution in [0.3, 0.4) is 0 Å². The first-order valence-corrected chi connectivity index (χ1v) is 6.49. The summed E-state index contributed by atoms with van der Waals surface area (Å²) in [5, 5.41) is 13.1. The minimum atomic E-state index is -0.272. The summed E-state index contributed by atoms with van der Waals surface area (Å²) in [6.07, 6.45) is 0.727. The van der Waals surface area contributed by atoms with Gasteiger partial charge in [0.1, 0.15) is 17.5 Å². The number of anilines is 2. The molecule has 2 atom stereocenters. The second kappa shape index (κ2) is 5.10. The third kappa shape index (κ3) is 2.41. The topological polar surface area (TPSA) is 61.3 Å². The Labute approximate surface area is 108 Å². The van der Waals surface area contributed by atoms with Gasteiger partial charge in [0, 0.05) is 25.7 Å². The molecular formula is C13H22N4O. The maximum absolute atomic E-state index is 10.00. The van der Waals surface area contributed by atoms with Crippen LogP contribution in [-0.4, -0.2) is 41.3 Å². The molecule has 1 aromatic rings. The molecule has 1 aliphatic heterocycles. The fraction of sp³-hybridized carbons (Fsp3) is 0.692. The van der Waals surface area contributed by atoms with Crippen molar-refractivity contribution in [1.82, 2.24) is 9.97 Å². The molecule has 0 aliphatic carbocycles. The van der Waals surface area contributed by atoms with E-state index in [1.807, 2.05) is 20.9 Å². The molecule has 1 aromatic heterocycles. The second-order valence-corrected chi connectivity index (χ2v) is 5.10. The molecule has 2 heterocycles. The average Bonchev–Trinajstić information content (AvgIpc) is 2.35. The van der Waals surface area contributed by atoms with Crippen molar-refractivity contribution in [2.75, 3.05) is 30.4 Å². The zero-order chi connectivity index (χ0) is 13.3. The number of hydrogen-bond acceptors (Lipinski definition) is 5. The van der Waals surface area contributed by atoms with Crippen molar-refractivity contribution in [2.24, 2.45) is 5.92 Å². The smallest absolute Gasteiger partial charge is 0.137 e. The highest BCUT2D eigenvalue weighted by Gasteiger charge is 2.26. The SMILES string of the molecule is CNc1nc(C)nc(N2CCC(C)C(O)C2)c1C. The molecule has 1 fully saturated rings. The molecule has 0 spiro atoms. The second-order valence-electron chi connectivity index (χ2n) is 5.10. The van der Waals surface area contributed by atoms with Crippen molar-refractivity contribution in [3.8, 4) is 0 Å². The number of aryl methyl sites for hydroxylation is 1. The van der Waals surface area contributed by atoms with Gasteiger partial charge in [-0.25, -0.2) is 9.97 Å². The molecule has 18 heavy (non-hydrogen) atoms. The first kappa shape index (κ1) is 13.1. The van der Waals surface area contributed by atoms with Crippen LogP contribution in [0.2, 0.25) is 0 Å². The number of nitrogens with zero attached hydrogens (tertiary/aromatic N) is 3. The minimum Gasteiger partial charge on any atom is -0.391 e. The average molecular weight is 250 g/mol. The first-order valence-electron chi connectivity index (χ1n) is 6.49. The number of piperidine rings is 1. The van der Waals surface area contributed by atoms with E-state index in [9.17, 15) is 5.11 Å². The van der Waals surface area contributed by atoms with Gasteiger partial charge in [0.05, 0.1) is 6.10 Å². The van der Waals surface area contributed by atoms with Gasteiger partial charge in [-0.15, -0.1) is 0 Å². The summed E-state index contributed by atoms with van der Waals surface area (Å²) in [5.41, 5.74) is 1.05. The van der Waals surface area contributed by atoms with Crippen molar-refractivity contribution in [3.63, 3.8) is 0 Å². The molecule has 2 rings (SSSR count). The van der Waals surface area contributed by atoms with Crippen LogP contribution in [0.15, 0.2) is 0 Å². The lowest BCUT2D eigenvalue weighted by molar-refractivity contribution is 0.102. The van der Waals surface area contributed by atoms with Crippen LogP contribution in [0.4, 0.5) is 11.6 Å². The Balaban J connectivity index is 2.30. The van der Waals surface area contributed by atoms with E-state index in [1.54, 1.807) is 0 Å². The summed E-state index contributed by atoms with van der Waals surface area (Å²) in [6.45, 7) is 7.61. The third-order valence-corrected chi connectivity index (χ3v) is 3.69. The lowest BCUT2D eigenvalue weighted by atomic mass is 9.96. The van der Waals surface area contributed by atoms with Crippen molar-refractivity contribution >= 4 is 11.6 Å². The highest BCUT2D eigenvalue weighted by atomic mass is 16.3. The van der Waals surface area contributed by atoms with E-state index in [4.69, 9.17) is 0 Å². The maximum atomic E-state index is 10.00. The van der Waals surface area contributed by atoms with Gasteiger partial charge >= 0.3 is 0 Å². The van der Waals surface area contributed by atoms with Crippen molar-refractivity contribution in [2.45, 2.75) is 33.3 Å². The molecule has 100 valence electrons. The van der Waals surface area contributed by atoms with Crippen LogP contribution in [0.1, 0.15) is 24.7 Å². The normalized spacial score (nSPS) is 24.2. The molecule has 5 heteroatoms. The number of hydrogen-bond donors (Lipinski definition) is 2. The van der Waals surface area contributed by atoms with E-state index in [1.165, 1.54) is 0 Å². The number of aromatic nitrogens is 2. The fourth-order valence-electron chi connectivity index (χ4n) is 2.41. The number of aliphatic hydroxyl groups is 1. The molecule has 0 bridgehead atoms. The number of aliphatic hydroxyl groups excluding tert-OH is 1. The van der Waals surface area contributed by atoms with Gasteiger partial charge in [0.15, 0.2) is 0 Å². The molecule has 2 N–H and O–H groups in total. The highest BCUT2D eigenvalue weighted by molar-refractivity contribution is 5.58. The Kier molecular flexibility index (Phi) is 3.71. The molecule has 5 nitrogen and oxygen atoms in total. The summed E-state index contributed by atoms with van der Waals surface area (Å²) < 4.78 is 0. The van der Waals surface area contributed by atoms with E-state index in [0.717, 1.165) is 36.0 Å². The van der Waals surface area contributed by atoms with Crippen LogP contribution in [-0.2, 0) is 0 Å². The van der Waals surface area contributed by atoms with Crippen LogP contribution in [0, 0.1) is 19.8 Å². The van der Waals surface area contributed by atoms with Gasteiger partial charge < -0.3 is 15.3 Å². The summed E-state index contributed by atoms with van der Waals surface area (Å²) in [7, 11) is 1.87. The van der Waals surface area contributed by atoms with Crippen LogP contribution < -0.4 is 10.2 Å². The molecule has 0 radical (unpaired) electrons. The van der Waals surface area contributed by atoms with Crippen LogP contribution in [0.25, 0.3) is 0 Å². The van der Waals surface area contributed by atoms with E-state index in [2.05, 4.69) is 27.1 Å². The fourth-order valence-corrected chi connectivity index (χ4v) is 2.41. The molecule has 2 unspecified atom stereocenters. The van der Waals surface area contributed by atoms with Crippen molar-refractivity contribution < 1.29 is 5.11 Å². The third-order valence-electron chi connectivity index (χ3n) is 3.69. The monoisotopic (exact) mass is 250 g/mol. The Bertz CT molecular complexity index is 435. The number of β-amino-alcohol motifs (C(OH)–C–C–N with tert-alkyl or cyclic N) is 1. The Morgan fingerprint density at radius 1 is 1.33 bits per heavy atom. The van der Waals surface area contributed by atoms with E-state index in [-0.39, 0.29) is 6.10 Å². The largest absolute Gasteiger partial charge is 0.391 e. The first-order chi connectivity index (χ1) is 8.52. The lowest BCUT2D eigenvalue weighted by Gasteiger charge is -2.36. The predicted molar refractivity (Wildman–Crippen MR) is 73.1 cm³/mol. The van der Waals surface area contributed by atoms with Gasteiger partial charge in [-0.1, -0.05) is 6.92 Å². The zero-order valence-electron chi connectivity index (χ0n) is 11.6. The van der Waals surface area contributed by atoms with Gasteiger partial charge in [-0.05, 0) is 26.2 Å². The summed E-state index contributed by atoms with van der Waals surface area (Å²) >= 11 is 0. The zero-order valence-corrected chi connectivity index (χ0v) is 11.6. The molecule has 0 saturated carbocycles. The Morgan fingerprint density at radius 3 is 2.67 bits per heavy atom. The van der Waals surface area contributed by atoms with Crippen LogP contribution >= 0.6 is 0 Å². The van der Waals surface area contributed by atoms with Gasteiger partial charge in [0.25, 0.3) is 0 Å². The molecule has 1 saturated heterocycles. The van der Waals surface area contributed by atoms with Crippen LogP contribution in [0.5, 0.6) is 0 Å². The van der Waals surface area contributed by atoms with Crippen molar-refractivity contribution in [1.29, 1.82) is 0 Å². The Hall–Kier alpha value is -1.36. The lowest BCUT2D eigenvalue weighted by Crippen LogP contribution is -2.43.